The monoisotopic (exact) mass is 362 g/mol. The van der Waals surface area contributed by atoms with Crippen molar-refractivity contribution in [3.8, 4) is 5.75 Å². The first-order valence-corrected chi connectivity index (χ1v) is 9.46. The molecule has 1 saturated carbocycles. The molecule has 27 heavy (non-hydrogen) atoms. The van der Waals surface area contributed by atoms with E-state index in [-0.39, 0.29) is 0 Å². The average molecular weight is 362 g/mol. The number of allylic oxidation sites excluding steroid dienone is 2. The van der Waals surface area contributed by atoms with Crippen LogP contribution in [0.15, 0.2) is 66.8 Å². The summed E-state index contributed by atoms with van der Waals surface area (Å²) in [7, 11) is 0. The second kappa shape index (κ2) is 9.22. The van der Waals surface area contributed by atoms with E-state index in [1.54, 1.807) is 6.08 Å². The van der Waals surface area contributed by atoms with E-state index in [1.165, 1.54) is 24.8 Å². The fourth-order valence-electron chi connectivity index (χ4n) is 3.41. The van der Waals surface area contributed by atoms with E-state index < -0.39 is 5.97 Å². The van der Waals surface area contributed by atoms with Gasteiger partial charge in [-0.15, -0.1) is 0 Å². The summed E-state index contributed by atoms with van der Waals surface area (Å²) in [6.45, 7) is 2.57. The van der Waals surface area contributed by atoms with Crippen LogP contribution in [0.1, 0.15) is 36.0 Å². The molecule has 2 aliphatic rings. The molecule has 4 rings (SSSR count). The van der Waals surface area contributed by atoms with Gasteiger partial charge in [-0.05, 0) is 67.4 Å². The van der Waals surface area contributed by atoms with Gasteiger partial charge in [0, 0.05) is 6.08 Å². The summed E-state index contributed by atoms with van der Waals surface area (Å²) in [5.41, 5.74) is 3.17. The Morgan fingerprint density at radius 1 is 1.04 bits per heavy atom. The van der Waals surface area contributed by atoms with Crippen LogP contribution in [-0.2, 0) is 11.4 Å². The molecular formula is C24H26O3. The largest absolute Gasteiger partial charge is 0.489 e. The first-order chi connectivity index (χ1) is 13.1. The molecule has 2 aromatic carbocycles. The van der Waals surface area contributed by atoms with Crippen molar-refractivity contribution in [3.05, 3.63) is 83.4 Å². The minimum absolute atomic E-state index is 0.518. The van der Waals surface area contributed by atoms with E-state index in [9.17, 15) is 4.79 Å². The van der Waals surface area contributed by atoms with Gasteiger partial charge in [0.05, 0.1) is 0 Å². The fraction of sp³-hybridized carbons (Fsp3) is 0.292. The Balaban J connectivity index is 0.000000246. The molecule has 0 spiro atoms. The molecule has 0 radical (unpaired) electrons. The Bertz CT molecular complexity index is 789. The van der Waals surface area contributed by atoms with Gasteiger partial charge in [0.2, 0.25) is 0 Å². The van der Waals surface area contributed by atoms with Crippen LogP contribution in [0.2, 0.25) is 0 Å². The van der Waals surface area contributed by atoms with Gasteiger partial charge in [0.1, 0.15) is 12.4 Å². The summed E-state index contributed by atoms with van der Waals surface area (Å²) in [5, 5.41) is 8.55. The number of carboxylic acid groups (broad SMARTS) is 1. The normalized spacial score (nSPS) is 19.7. The molecule has 1 fully saturated rings. The quantitative estimate of drug-likeness (QED) is 0.553. The highest BCUT2D eigenvalue weighted by molar-refractivity contribution is 5.85. The number of carboxylic acids is 1. The van der Waals surface area contributed by atoms with Crippen LogP contribution < -0.4 is 4.74 Å². The minimum Gasteiger partial charge on any atom is -0.489 e. The maximum atomic E-state index is 10.4. The van der Waals surface area contributed by atoms with Gasteiger partial charge in [-0.2, -0.15) is 0 Å². The Morgan fingerprint density at radius 2 is 1.67 bits per heavy atom. The third kappa shape index (κ3) is 6.14. The molecular weight excluding hydrogens is 336 g/mol. The highest BCUT2D eigenvalue weighted by atomic mass is 16.5. The zero-order valence-corrected chi connectivity index (χ0v) is 15.7. The van der Waals surface area contributed by atoms with Crippen molar-refractivity contribution in [3.63, 3.8) is 0 Å². The zero-order valence-electron chi connectivity index (χ0n) is 15.7. The van der Waals surface area contributed by atoms with Gasteiger partial charge in [-0.1, -0.05) is 54.1 Å². The molecule has 2 aromatic rings. The van der Waals surface area contributed by atoms with E-state index >= 15 is 0 Å². The predicted molar refractivity (Wildman–Crippen MR) is 109 cm³/mol. The van der Waals surface area contributed by atoms with Crippen LogP contribution in [0.5, 0.6) is 5.75 Å². The Labute approximate surface area is 161 Å². The second-order valence-electron chi connectivity index (χ2n) is 7.23. The molecule has 0 heterocycles. The second-order valence-corrected chi connectivity index (χ2v) is 7.23. The van der Waals surface area contributed by atoms with E-state index in [0.717, 1.165) is 34.8 Å². The highest BCUT2D eigenvalue weighted by Gasteiger charge is 2.25. The Hall–Kier alpha value is -2.81. The van der Waals surface area contributed by atoms with Crippen molar-refractivity contribution in [2.45, 2.75) is 32.8 Å². The topological polar surface area (TPSA) is 46.5 Å². The molecule has 140 valence electrons. The molecule has 0 aromatic heterocycles. The molecule has 0 amide bonds. The van der Waals surface area contributed by atoms with E-state index in [4.69, 9.17) is 9.84 Å². The molecule has 2 bridgehead atoms. The molecule has 0 saturated heterocycles. The first kappa shape index (κ1) is 19.0. The van der Waals surface area contributed by atoms with Crippen LogP contribution in [0.25, 0.3) is 6.08 Å². The van der Waals surface area contributed by atoms with Crippen LogP contribution >= 0.6 is 0 Å². The number of fused-ring (bicyclic) bond motifs is 2. The number of benzene rings is 2. The summed E-state index contributed by atoms with van der Waals surface area (Å²) in [6.07, 6.45) is 11.8. The average Bonchev–Trinajstić information content (AvgIpc) is 3.33. The summed E-state index contributed by atoms with van der Waals surface area (Å²) < 4.78 is 5.67. The Kier molecular flexibility index (Phi) is 6.48. The van der Waals surface area contributed by atoms with Crippen molar-refractivity contribution in [1.29, 1.82) is 0 Å². The van der Waals surface area contributed by atoms with Crippen LogP contribution in [0.4, 0.5) is 0 Å². The lowest BCUT2D eigenvalue weighted by Gasteiger charge is -2.06. The lowest BCUT2D eigenvalue weighted by Crippen LogP contribution is -1.95. The standard InChI is InChI=1S/C17H16O3.C7H10/c1-13-2-4-15(5-3-13)12-20-16-9-6-14(7-10-16)8-11-17(18)19;1-2-7-4-3-6(1)5-7/h2-11H,12H2,1H3,(H,18,19);1-2,6-7H,3-5H2. The Morgan fingerprint density at radius 3 is 2.15 bits per heavy atom. The van der Waals surface area contributed by atoms with Gasteiger partial charge in [0.15, 0.2) is 0 Å². The van der Waals surface area contributed by atoms with Crippen molar-refractivity contribution < 1.29 is 14.6 Å². The SMILES string of the molecule is C1=CC2CCC1C2.Cc1ccc(COc2ccc(C=CC(=O)O)cc2)cc1. The maximum Gasteiger partial charge on any atom is 0.328 e. The van der Waals surface area contributed by atoms with Crippen LogP contribution in [-0.4, -0.2) is 11.1 Å². The molecule has 1 N–H and O–H groups in total. The van der Waals surface area contributed by atoms with Gasteiger partial charge in [-0.3, -0.25) is 0 Å². The summed E-state index contributed by atoms with van der Waals surface area (Å²) >= 11 is 0. The van der Waals surface area contributed by atoms with Crippen molar-refractivity contribution in [2.75, 3.05) is 0 Å². The number of rotatable bonds is 5. The summed E-state index contributed by atoms with van der Waals surface area (Å²) in [4.78, 5) is 10.4. The van der Waals surface area contributed by atoms with Crippen LogP contribution in [0.3, 0.4) is 0 Å². The van der Waals surface area contributed by atoms with Gasteiger partial charge in [-0.25, -0.2) is 4.79 Å². The lowest BCUT2D eigenvalue weighted by atomic mass is 10.1. The number of aliphatic carboxylic acids is 1. The number of aryl methyl sites for hydroxylation is 1. The third-order valence-corrected chi connectivity index (χ3v) is 4.99. The molecule has 2 unspecified atom stereocenters. The molecule has 0 aliphatic heterocycles. The predicted octanol–water partition coefficient (Wildman–Crippen LogP) is 5.64. The first-order valence-electron chi connectivity index (χ1n) is 9.46. The van der Waals surface area contributed by atoms with Gasteiger partial charge < -0.3 is 9.84 Å². The van der Waals surface area contributed by atoms with E-state index in [0.29, 0.717) is 6.61 Å². The summed E-state index contributed by atoms with van der Waals surface area (Å²) in [5.74, 6) is 1.79. The number of hydrogen-bond donors (Lipinski definition) is 1. The van der Waals surface area contributed by atoms with E-state index in [2.05, 4.69) is 24.3 Å². The summed E-state index contributed by atoms with van der Waals surface area (Å²) in [6, 6.07) is 15.5. The minimum atomic E-state index is -0.954. The maximum absolute atomic E-state index is 10.4. The van der Waals surface area contributed by atoms with Gasteiger partial charge >= 0.3 is 5.97 Å². The molecule has 2 atom stereocenters. The van der Waals surface area contributed by atoms with Crippen LogP contribution in [0, 0.1) is 18.8 Å². The highest BCUT2D eigenvalue weighted by Crippen LogP contribution is 2.38. The van der Waals surface area contributed by atoms with Crippen molar-refractivity contribution in [1.82, 2.24) is 0 Å². The van der Waals surface area contributed by atoms with Crippen molar-refractivity contribution >= 4 is 12.0 Å². The molecule has 2 aliphatic carbocycles. The molecule has 3 heteroatoms. The number of hydrogen-bond acceptors (Lipinski definition) is 2. The van der Waals surface area contributed by atoms with Gasteiger partial charge in [0.25, 0.3) is 0 Å². The third-order valence-electron chi connectivity index (χ3n) is 4.99. The number of carbonyl (C=O) groups is 1. The van der Waals surface area contributed by atoms with Crippen molar-refractivity contribution in [2.24, 2.45) is 11.8 Å². The smallest absolute Gasteiger partial charge is 0.328 e. The van der Waals surface area contributed by atoms with E-state index in [1.807, 2.05) is 43.3 Å². The zero-order chi connectivity index (χ0) is 19.1. The fourth-order valence-corrected chi connectivity index (χ4v) is 3.41. The molecule has 3 nitrogen and oxygen atoms in total. The lowest BCUT2D eigenvalue weighted by molar-refractivity contribution is -0.131. The number of ether oxygens (including phenoxy) is 1.